The zero-order valence-electron chi connectivity index (χ0n) is 7.06. The van der Waals surface area contributed by atoms with Crippen LogP contribution in [-0.2, 0) is 22.2 Å². The largest absolute Gasteiger partial charge is 0.560 e. The highest BCUT2D eigenvalue weighted by atomic mass is 33.2. The Morgan fingerprint density at radius 3 is 2.40 bits per heavy atom. The lowest BCUT2D eigenvalue weighted by molar-refractivity contribution is 0.321. The fourth-order valence-electron chi connectivity index (χ4n) is 0.727. The lowest BCUT2D eigenvalue weighted by atomic mass is 10.4. The van der Waals surface area contributed by atoms with Crippen LogP contribution in [0, 0.1) is 6.07 Å². The molecule has 0 aliphatic heterocycles. The SMILES string of the molecule is O=S(=O)([N+]OS)S(=O)(=O)c1[c]cccc1. The number of hydrogen-bond donors (Lipinski definition) is 1. The summed E-state index contributed by atoms with van der Waals surface area (Å²) < 4.78 is 48.7. The van der Waals surface area contributed by atoms with Crippen molar-refractivity contribution in [1.29, 1.82) is 0 Å². The van der Waals surface area contributed by atoms with E-state index in [1.54, 1.807) is 0 Å². The van der Waals surface area contributed by atoms with E-state index < -0.39 is 22.8 Å². The molecule has 1 aromatic carbocycles. The maximum Gasteiger partial charge on any atom is 0.560 e. The Hall–Kier alpha value is -0.610. The van der Waals surface area contributed by atoms with Crippen LogP contribution < -0.4 is 4.89 Å². The van der Waals surface area contributed by atoms with E-state index in [0.717, 1.165) is 6.07 Å². The van der Waals surface area contributed by atoms with Gasteiger partial charge >= 0.3 is 22.8 Å². The van der Waals surface area contributed by atoms with Gasteiger partial charge in [0, 0.05) is 10.4 Å². The van der Waals surface area contributed by atoms with Crippen molar-refractivity contribution in [2.75, 3.05) is 0 Å². The molecule has 0 atom stereocenters. The molecule has 0 fully saturated rings. The molecule has 81 valence electrons. The Kier molecular flexibility index (Phi) is 3.73. The molecule has 0 amide bonds. The molecule has 0 saturated heterocycles. The first-order chi connectivity index (χ1) is 6.92. The van der Waals surface area contributed by atoms with Crippen molar-refractivity contribution in [3.8, 4) is 0 Å². The Balaban J connectivity index is 3.27. The van der Waals surface area contributed by atoms with Crippen molar-refractivity contribution in [2.45, 2.75) is 4.90 Å². The topological polar surface area (TPSA) is 91.6 Å². The van der Waals surface area contributed by atoms with E-state index in [-0.39, 0.29) is 0 Å². The maximum absolute atomic E-state index is 11.4. The van der Waals surface area contributed by atoms with Gasteiger partial charge in [-0.05, 0) is 6.07 Å². The second-order valence-electron chi connectivity index (χ2n) is 2.26. The van der Waals surface area contributed by atoms with Crippen LogP contribution in [0.15, 0.2) is 29.2 Å². The van der Waals surface area contributed by atoms with Gasteiger partial charge in [0.25, 0.3) is 0 Å². The van der Waals surface area contributed by atoms with E-state index in [2.05, 4.69) is 28.1 Å². The minimum Gasteiger partial charge on any atom is -0.201 e. The summed E-state index contributed by atoms with van der Waals surface area (Å²) in [6.07, 6.45) is 0. The lowest BCUT2D eigenvalue weighted by Crippen LogP contribution is -2.23. The molecule has 0 heterocycles. The van der Waals surface area contributed by atoms with Gasteiger partial charge in [0.15, 0.2) is 0 Å². The minimum atomic E-state index is -4.80. The van der Waals surface area contributed by atoms with Gasteiger partial charge in [0.2, 0.25) is 0 Å². The molecule has 0 unspecified atom stereocenters. The summed E-state index contributed by atoms with van der Waals surface area (Å²) in [5, 5.41) is 0. The normalized spacial score (nSPS) is 12.6. The van der Waals surface area contributed by atoms with Crippen LogP contribution >= 0.6 is 12.9 Å². The molecule has 0 bridgehead atoms. The second-order valence-corrected chi connectivity index (χ2v) is 7.36. The van der Waals surface area contributed by atoms with Gasteiger partial charge in [-0.2, -0.15) is 0 Å². The van der Waals surface area contributed by atoms with E-state index >= 15 is 0 Å². The number of rotatable bonds is 4. The molecule has 0 saturated carbocycles. The zero-order chi connectivity index (χ0) is 11.5. The predicted octanol–water partition coefficient (Wildman–Crippen LogP) is -0.114. The smallest absolute Gasteiger partial charge is 0.201 e. The number of hydrogen-bond acceptors (Lipinski definition) is 6. The summed E-state index contributed by atoms with van der Waals surface area (Å²) in [5.74, 6) is 0. The van der Waals surface area contributed by atoms with E-state index in [9.17, 15) is 16.8 Å². The Morgan fingerprint density at radius 2 is 1.93 bits per heavy atom. The van der Waals surface area contributed by atoms with Gasteiger partial charge in [-0.3, -0.25) is 0 Å². The highest BCUT2D eigenvalue weighted by molar-refractivity contribution is 8.66. The predicted molar refractivity (Wildman–Crippen MR) is 53.6 cm³/mol. The number of thiol groups is 1. The van der Waals surface area contributed by atoms with Gasteiger partial charge in [0.05, 0.1) is 17.8 Å². The molecule has 0 aliphatic carbocycles. The van der Waals surface area contributed by atoms with Gasteiger partial charge in [-0.25, -0.2) is 8.42 Å². The van der Waals surface area contributed by atoms with E-state index in [1.165, 1.54) is 18.2 Å². The molecule has 0 N–H and O–H groups in total. The third-order valence-corrected chi connectivity index (χ3v) is 5.53. The monoisotopic (exact) mass is 267 g/mol. The molecule has 15 heavy (non-hydrogen) atoms. The van der Waals surface area contributed by atoms with E-state index in [1.807, 2.05) is 0 Å². The van der Waals surface area contributed by atoms with Crippen LogP contribution in [0.25, 0.3) is 0 Å². The Bertz CT molecular complexity index is 521. The summed E-state index contributed by atoms with van der Waals surface area (Å²) in [4.78, 5) is 1.93. The van der Waals surface area contributed by atoms with Crippen LogP contribution in [-0.4, -0.2) is 16.8 Å². The molecule has 0 aliphatic rings. The molecular formula is C6H5NO5S3+. The fourth-order valence-corrected chi connectivity index (χ4v) is 3.29. The molecular weight excluding hydrogens is 262 g/mol. The Labute approximate surface area is 92.2 Å². The third kappa shape index (κ3) is 2.49. The molecule has 0 aromatic heterocycles. The summed E-state index contributed by atoms with van der Waals surface area (Å²) in [6, 6.07) is 7.48. The summed E-state index contributed by atoms with van der Waals surface area (Å²) in [7, 11) is -9.42. The van der Waals surface area contributed by atoms with Crippen LogP contribution in [0.3, 0.4) is 0 Å². The van der Waals surface area contributed by atoms with Crippen LogP contribution in [0.1, 0.15) is 0 Å². The van der Waals surface area contributed by atoms with E-state index in [0.29, 0.717) is 0 Å². The molecule has 1 rings (SSSR count). The quantitative estimate of drug-likeness (QED) is 0.355. The van der Waals surface area contributed by atoms with E-state index in [4.69, 9.17) is 0 Å². The highest BCUT2D eigenvalue weighted by Gasteiger charge is 2.46. The van der Waals surface area contributed by atoms with Crippen LogP contribution in [0.4, 0.5) is 0 Å². The summed E-state index contributed by atoms with van der Waals surface area (Å²) in [6.45, 7) is 0. The van der Waals surface area contributed by atoms with Gasteiger partial charge < -0.3 is 0 Å². The van der Waals surface area contributed by atoms with Crippen molar-refractivity contribution in [3.05, 3.63) is 30.3 Å². The maximum atomic E-state index is 11.4. The van der Waals surface area contributed by atoms with Gasteiger partial charge in [-0.15, -0.1) is 8.42 Å². The average molecular weight is 267 g/mol. The molecule has 3 radical (unpaired) electrons. The zero-order valence-corrected chi connectivity index (χ0v) is 9.59. The molecule has 0 spiro atoms. The minimum absolute atomic E-state index is 0.501. The van der Waals surface area contributed by atoms with Gasteiger partial charge in [-0.1, -0.05) is 18.2 Å². The van der Waals surface area contributed by atoms with Gasteiger partial charge in [0.1, 0.15) is 0 Å². The van der Waals surface area contributed by atoms with Crippen molar-refractivity contribution >= 4 is 30.8 Å². The second kappa shape index (κ2) is 4.49. The standard InChI is InChI=1S/C6H5NO5S3/c8-14(9,15(10,11)7-12-13)6-4-2-1-3-5-6/h1-4,13H/q+1. The van der Waals surface area contributed by atoms with Crippen LogP contribution in [0.5, 0.6) is 0 Å². The first kappa shape index (κ1) is 12.5. The summed E-state index contributed by atoms with van der Waals surface area (Å²) in [5.41, 5.74) is 0. The first-order valence-corrected chi connectivity index (χ1v) is 7.22. The van der Waals surface area contributed by atoms with Crippen molar-refractivity contribution in [2.24, 2.45) is 0 Å². The van der Waals surface area contributed by atoms with Crippen molar-refractivity contribution in [1.82, 2.24) is 4.89 Å². The van der Waals surface area contributed by atoms with Crippen molar-refractivity contribution in [3.63, 3.8) is 0 Å². The third-order valence-electron chi connectivity index (χ3n) is 1.35. The molecule has 9 heteroatoms. The fraction of sp³-hybridized carbons (Fsp3) is 0. The molecule has 1 aromatic rings. The summed E-state index contributed by atoms with van der Waals surface area (Å²) >= 11 is 3.04. The average Bonchev–Trinajstić information content (AvgIpc) is 2.19. The number of nitrogens with zero attached hydrogens (tertiary/aromatic N) is 1. The van der Waals surface area contributed by atoms with Crippen molar-refractivity contribution < 1.29 is 21.1 Å². The van der Waals surface area contributed by atoms with Crippen LogP contribution in [0.2, 0.25) is 0 Å². The Morgan fingerprint density at radius 1 is 1.27 bits per heavy atom. The highest BCUT2D eigenvalue weighted by Crippen LogP contribution is 2.15. The lowest BCUT2D eigenvalue weighted by Gasteiger charge is -1.93. The molecule has 6 nitrogen and oxygen atoms in total. The first-order valence-electron chi connectivity index (χ1n) is 3.41. The number of benzene rings is 1.